The largest absolute Gasteiger partial charge is 0.507 e. The van der Waals surface area contributed by atoms with Gasteiger partial charge in [0.2, 0.25) is 0 Å². The number of Topliss-reactive ketones (excluding diaryl/α,β-unsaturated/α-hetero) is 1. The molecule has 2 heterocycles. The summed E-state index contributed by atoms with van der Waals surface area (Å²) < 4.78 is 5.49. The molecule has 1 atom stereocenters. The van der Waals surface area contributed by atoms with Crippen LogP contribution in [0.15, 0.2) is 48.3 Å². The number of nitrogens with zero attached hydrogens (tertiary/aromatic N) is 3. The Morgan fingerprint density at radius 1 is 1.19 bits per heavy atom. The SMILES string of the molecule is CCOc1cc(C2C(=C(O)c3ccncc3)C(=O)C(=O)N2CCCN(C)C)ccc1O. The summed E-state index contributed by atoms with van der Waals surface area (Å²) in [5, 5.41) is 21.1. The summed E-state index contributed by atoms with van der Waals surface area (Å²) in [6.07, 6.45) is 3.66. The third-order valence-corrected chi connectivity index (χ3v) is 5.10. The fraction of sp³-hybridized carbons (Fsp3) is 0.348. The van der Waals surface area contributed by atoms with Crippen molar-refractivity contribution in [2.75, 3.05) is 33.8 Å². The summed E-state index contributed by atoms with van der Waals surface area (Å²) in [6, 6.07) is 7.06. The molecule has 1 saturated heterocycles. The minimum Gasteiger partial charge on any atom is -0.507 e. The smallest absolute Gasteiger partial charge is 0.295 e. The van der Waals surface area contributed by atoms with E-state index in [9.17, 15) is 19.8 Å². The predicted octanol–water partition coefficient (Wildman–Crippen LogP) is 2.56. The molecule has 0 radical (unpaired) electrons. The zero-order chi connectivity index (χ0) is 22.5. The van der Waals surface area contributed by atoms with Crippen molar-refractivity contribution >= 4 is 17.4 Å². The van der Waals surface area contributed by atoms with E-state index in [0.29, 0.717) is 30.7 Å². The number of ketones is 1. The van der Waals surface area contributed by atoms with Gasteiger partial charge in [-0.25, -0.2) is 0 Å². The van der Waals surface area contributed by atoms with Gasteiger partial charge in [0.1, 0.15) is 5.76 Å². The number of carbonyl (C=O) groups excluding carboxylic acids is 2. The Balaban J connectivity index is 2.12. The molecule has 164 valence electrons. The lowest BCUT2D eigenvalue weighted by molar-refractivity contribution is -0.139. The highest BCUT2D eigenvalue weighted by molar-refractivity contribution is 6.46. The van der Waals surface area contributed by atoms with Crippen LogP contribution in [0.3, 0.4) is 0 Å². The molecule has 0 aliphatic carbocycles. The molecule has 2 aromatic rings. The molecule has 0 bridgehead atoms. The number of aromatic hydroxyl groups is 1. The Bertz CT molecular complexity index is 988. The summed E-state index contributed by atoms with van der Waals surface area (Å²) in [5.74, 6) is -1.44. The number of rotatable bonds is 8. The monoisotopic (exact) mass is 425 g/mol. The van der Waals surface area contributed by atoms with E-state index >= 15 is 0 Å². The Labute approximate surface area is 181 Å². The van der Waals surface area contributed by atoms with Gasteiger partial charge >= 0.3 is 0 Å². The molecule has 3 rings (SSSR count). The second kappa shape index (κ2) is 9.61. The van der Waals surface area contributed by atoms with Crippen LogP contribution in [0, 0.1) is 0 Å². The number of phenolic OH excluding ortho intramolecular Hbond substituents is 1. The van der Waals surface area contributed by atoms with Crippen molar-refractivity contribution in [1.82, 2.24) is 14.8 Å². The Kier molecular flexibility index (Phi) is 6.91. The van der Waals surface area contributed by atoms with Crippen molar-refractivity contribution in [1.29, 1.82) is 0 Å². The van der Waals surface area contributed by atoms with E-state index in [1.807, 2.05) is 19.0 Å². The van der Waals surface area contributed by atoms with E-state index in [0.717, 1.165) is 6.54 Å². The molecule has 1 amide bonds. The molecule has 1 fully saturated rings. The Morgan fingerprint density at radius 2 is 1.90 bits per heavy atom. The number of pyridine rings is 1. The van der Waals surface area contributed by atoms with Crippen LogP contribution >= 0.6 is 0 Å². The first-order valence-corrected chi connectivity index (χ1v) is 10.1. The van der Waals surface area contributed by atoms with E-state index in [1.54, 1.807) is 31.2 Å². The molecule has 1 aliphatic heterocycles. The van der Waals surface area contributed by atoms with Gasteiger partial charge in [-0.2, -0.15) is 0 Å². The lowest BCUT2D eigenvalue weighted by Gasteiger charge is -2.26. The van der Waals surface area contributed by atoms with Gasteiger partial charge in [-0.15, -0.1) is 0 Å². The van der Waals surface area contributed by atoms with E-state index < -0.39 is 17.7 Å². The van der Waals surface area contributed by atoms with Crippen LogP contribution in [0.5, 0.6) is 11.5 Å². The van der Waals surface area contributed by atoms with Crippen molar-refractivity contribution in [3.8, 4) is 11.5 Å². The first-order chi connectivity index (χ1) is 14.8. The Hall–Kier alpha value is -3.39. The number of hydrogen-bond acceptors (Lipinski definition) is 7. The summed E-state index contributed by atoms with van der Waals surface area (Å²) in [7, 11) is 3.87. The number of ether oxygens (including phenoxy) is 1. The van der Waals surface area contributed by atoms with Gasteiger partial charge in [-0.3, -0.25) is 14.6 Å². The maximum atomic E-state index is 13.0. The summed E-state index contributed by atoms with van der Waals surface area (Å²) >= 11 is 0. The van der Waals surface area contributed by atoms with Gasteiger partial charge in [-0.1, -0.05) is 6.07 Å². The lowest BCUT2D eigenvalue weighted by atomic mass is 9.95. The van der Waals surface area contributed by atoms with Gasteiger partial charge in [0.15, 0.2) is 11.5 Å². The van der Waals surface area contributed by atoms with Gasteiger partial charge in [0.05, 0.1) is 18.2 Å². The van der Waals surface area contributed by atoms with E-state index in [-0.39, 0.29) is 22.8 Å². The standard InChI is InChI=1S/C23H27N3O5/c1-4-31-18-14-16(6-7-17(18)27)20-19(21(28)15-8-10-24-11-9-15)22(29)23(30)26(20)13-5-12-25(2)3/h6-11,14,20,27-28H,4-5,12-13H2,1-3H3. The molecule has 0 spiro atoms. The number of aliphatic hydroxyl groups excluding tert-OH is 1. The van der Waals surface area contributed by atoms with Crippen LogP contribution in [0.25, 0.3) is 5.76 Å². The van der Waals surface area contributed by atoms with Gasteiger partial charge in [-0.05, 0) is 63.8 Å². The van der Waals surface area contributed by atoms with Crippen molar-refractivity contribution in [2.45, 2.75) is 19.4 Å². The van der Waals surface area contributed by atoms with Crippen molar-refractivity contribution < 1.29 is 24.5 Å². The fourth-order valence-corrected chi connectivity index (χ4v) is 3.65. The molecule has 1 unspecified atom stereocenters. The molecule has 1 aromatic carbocycles. The van der Waals surface area contributed by atoms with Crippen molar-refractivity contribution in [3.05, 3.63) is 59.4 Å². The number of amides is 1. The maximum Gasteiger partial charge on any atom is 0.295 e. The third-order valence-electron chi connectivity index (χ3n) is 5.10. The first kappa shape index (κ1) is 22.3. The average Bonchev–Trinajstić information content (AvgIpc) is 3.00. The molecule has 31 heavy (non-hydrogen) atoms. The number of aromatic nitrogens is 1. The number of likely N-dealkylation sites (tertiary alicyclic amines) is 1. The molecule has 1 aromatic heterocycles. The average molecular weight is 425 g/mol. The fourth-order valence-electron chi connectivity index (χ4n) is 3.65. The minimum atomic E-state index is -0.796. The Morgan fingerprint density at radius 3 is 2.55 bits per heavy atom. The van der Waals surface area contributed by atoms with E-state index in [4.69, 9.17) is 4.74 Å². The molecule has 8 nitrogen and oxygen atoms in total. The summed E-state index contributed by atoms with van der Waals surface area (Å²) in [6.45, 7) is 3.21. The second-order valence-electron chi connectivity index (χ2n) is 7.55. The van der Waals surface area contributed by atoms with E-state index in [2.05, 4.69) is 4.98 Å². The van der Waals surface area contributed by atoms with Gasteiger partial charge in [0, 0.05) is 24.5 Å². The van der Waals surface area contributed by atoms with Gasteiger partial charge in [0.25, 0.3) is 11.7 Å². The van der Waals surface area contributed by atoms with Crippen LogP contribution in [-0.4, -0.2) is 70.5 Å². The highest BCUT2D eigenvalue weighted by Crippen LogP contribution is 2.41. The zero-order valence-corrected chi connectivity index (χ0v) is 17.9. The van der Waals surface area contributed by atoms with Gasteiger partial charge < -0.3 is 24.7 Å². The quantitative estimate of drug-likeness (QED) is 0.381. The van der Waals surface area contributed by atoms with Crippen LogP contribution in [0.4, 0.5) is 0 Å². The second-order valence-corrected chi connectivity index (χ2v) is 7.55. The van der Waals surface area contributed by atoms with Crippen molar-refractivity contribution in [2.24, 2.45) is 0 Å². The van der Waals surface area contributed by atoms with Crippen LogP contribution < -0.4 is 4.74 Å². The van der Waals surface area contributed by atoms with Crippen molar-refractivity contribution in [3.63, 3.8) is 0 Å². The molecule has 0 saturated carbocycles. The minimum absolute atomic E-state index is 0.00851. The summed E-state index contributed by atoms with van der Waals surface area (Å²) in [5.41, 5.74) is 0.977. The third kappa shape index (κ3) is 4.69. The zero-order valence-electron chi connectivity index (χ0n) is 17.9. The topological polar surface area (TPSA) is 103 Å². The first-order valence-electron chi connectivity index (χ1n) is 10.1. The normalized spacial score (nSPS) is 18.1. The van der Waals surface area contributed by atoms with Crippen LogP contribution in [0.1, 0.15) is 30.5 Å². The highest BCUT2D eigenvalue weighted by atomic mass is 16.5. The molecular weight excluding hydrogens is 398 g/mol. The van der Waals surface area contributed by atoms with Crippen LogP contribution in [-0.2, 0) is 9.59 Å². The highest BCUT2D eigenvalue weighted by Gasteiger charge is 2.46. The number of benzene rings is 1. The predicted molar refractivity (Wildman–Crippen MR) is 116 cm³/mol. The number of hydrogen-bond donors (Lipinski definition) is 2. The summed E-state index contributed by atoms with van der Waals surface area (Å²) in [4.78, 5) is 33.3. The van der Waals surface area contributed by atoms with Crippen LogP contribution in [0.2, 0.25) is 0 Å². The van der Waals surface area contributed by atoms with E-state index in [1.165, 1.54) is 23.4 Å². The number of phenols is 1. The molecular formula is C23H27N3O5. The number of aliphatic hydroxyl groups is 1. The molecule has 1 aliphatic rings. The lowest BCUT2D eigenvalue weighted by Crippen LogP contribution is -2.32. The molecule has 2 N–H and O–H groups in total. The number of carbonyl (C=O) groups is 2. The molecule has 8 heteroatoms. The maximum absolute atomic E-state index is 13.0.